The van der Waals surface area contributed by atoms with E-state index in [4.69, 9.17) is 11.6 Å². The third-order valence-electron chi connectivity index (χ3n) is 5.64. The van der Waals surface area contributed by atoms with E-state index >= 15 is 0 Å². The number of aliphatic hydroxyl groups is 1. The lowest BCUT2D eigenvalue weighted by Gasteiger charge is -2.40. The van der Waals surface area contributed by atoms with Gasteiger partial charge >= 0.3 is 0 Å². The number of piperazine rings is 1. The molecule has 0 atom stereocenters. The van der Waals surface area contributed by atoms with Gasteiger partial charge in [0.15, 0.2) is 0 Å². The van der Waals surface area contributed by atoms with Crippen molar-refractivity contribution in [3.8, 4) is 0 Å². The standard InChI is InChI=1S/C24H23ClF2N2O/c25-20-2-1-3-23(16-20)29-14-12-28(13-15-29)17-24(30,18-4-8-21(26)9-5-18)19-6-10-22(27)11-7-19/h1-11,16,30H,12-15,17H2. The highest BCUT2D eigenvalue weighted by Gasteiger charge is 2.35. The lowest BCUT2D eigenvalue weighted by atomic mass is 9.85. The van der Waals surface area contributed by atoms with E-state index in [2.05, 4.69) is 9.80 Å². The summed E-state index contributed by atoms with van der Waals surface area (Å²) in [6.45, 7) is 3.41. The molecule has 0 radical (unpaired) electrons. The van der Waals surface area contributed by atoms with Gasteiger partial charge in [0.25, 0.3) is 0 Å². The third-order valence-corrected chi connectivity index (χ3v) is 5.88. The fraction of sp³-hybridized carbons (Fsp3) is 0.250. The van der Waals surface area contributed by atoms with E-state index in [1.54, 1.807) is 24.3 Å². The van der Waals surface area contributed by atoms with Gasteiger partial charge < -0.3 is 10.0 Å². The largest absolute Gasteiger partial charge is 0.379 e. The number of hydrogen-bond donors (Lipinski definition) is 1. The van der Waals surface area contributed by atoms with Crippen LogP contribution in [0.2, 0.25) is 5.02 Å². The number of anilines is 1. The Balaban J connectivity index is 1.54. The first-order valence-corrected chi connectivity index (χ1v) is 10.3. The Labute approximate surface area is 180 Å². The molecule has 3 nitrogen and oxygen atoms in total. The molecule has 0 spiro atoms. The van der Waals surface area contributed by atoms with Crippen molar-refractivity contribution in [3.05, 3.63) is 101 Å². The Kier molecular flexibility index (Phi) is 6.04. The first-order chi connectivity index (χ1) is 14.4. The van der Waals surface area contributed by atoms with Crippen LogP contribution < -0.4 is 4.90 Å². The van der Waals surface area contributed by atoms with E-state index < -0.39 is 5.60 Å². The Morgan fingerprint density at radius 1 is 0.800 bits per heavy atom. The van der Waals surface area contributed by atoms with Crippen LogP contribution in [0.25, 0.3) is 0 Å². The van der Waals surface area contributed by atoms with Crippen LogP contribution in [0.15, 0.2) is 72.8 Å². The van der Waals surface area contributed by atoms with Gasteiger partial charge in [-0.05, 0) is 53.6 Å². The molecule has 1 N–H and O–H groups in total. The number of halogens is 3. The van der Waals surface area contributed by atoms with E-state index in [0.717, 1.165) is 31.9 Å². The summed E-state index contributed by atoms with van der Waals surface area (Å²) in [7, 11) is 0. The quantitative estimate of drug-likeness (QED) is 0.639. The number of β-amino-alcohol motifs (C(OH)–C–C–N with tert-alkyl or cyclic N) is 1. The molecule has 156 valence electrons. The molecule has 1 fully saturated rings. The van der Waals surface area contributed by atoms with Crippen molar-refractivity contribution in [2.45, 2.75) is 5.60 Å². The van der Waals surface area contributed by atoms with E-state index in [-0.39, 0.29) is 11.6 Å². The summed E-state index contributed by atoms with van der Waals surface area (Å²) in [5, 5.41) is 12.4. The van der Waals surface area contributed by atoms with Gasteiger partial charge in [-0.25, -0.2) is 8.78 Å². The van der Waals surface area contributed by atoms with Crippen molar-refractivity contribution >= 4 is 17.3 Å². The van der Waals surface area contributed by atoms with Crippen LogP contribution in [0.5, 0.6) is 0 Å². The summed E-state index contributed by atoms with van der Waals surface area (Å²) in [6.07, 6.45) is 0. The van der Waals surface area contributed by atoms with E-state index in [1.165, 1.54) is 24.3 Å². The first kappa shape index (κ1) is 20.8. The maximum atomic E-state index is 13.5. The van der Waals surface area contributed by atoms with Gasteiger partial charge in [0, 0.05) is 43.4 Å². The lowest BCUT2D eigenvalue weighted by molar-refractivity contribution is 0.0336. The molecule has 1 saturated heterocycles. The predicted molar refractivity (Wildman–Crippen MR) is 116 cm³/mol. The van der Waals surface area contributed by atoms with Crippen LogP contribution in [0, 0.1) is 11.6 Å². The smallest absolute Gasteiger partial charge is 0.127 e. The van der Waals surface area contributed by atoms with E-state index in [1.807, 2.05) is 24.3 Å². The Hall–Kier alpha value is -2.47. The average molecular weight is 429 g/mol. The normalized spacial score (nSPS) is 15.4. The molecule has 3 aromatic carbocycles. The summed E-state index contributed by atoms with van der Waals surface area (Å²) >= 11 is 6.11. The van der Waals surface area contributed by atoms with Gasteiger partial charge in [0.1, 0.15) is 17.2 Å². The van der Waals surface area contributed by atoms with Crippen LogP contribution in [0.3, 0.4) is 0 Å². The maximum Gasteiger partial charge on any atom is 0.127 e. The molecule has 1 heterocycles. The second kappa shape index (κ2) is 8.72. The monoisotopic (exact) mass is 428 g/mol. The molecule has 0 unspecified atom stereocenters. The van der Waals surface area contributed by atoms with E-state index in [0.29, 0.717) is 22.7 Å². The van der Waals surface area contributed by atoms with Crippen LogP contribution in [-0.2, 0) is 5.60 Å². The van der Waals surface area contributed by atoms with E-state index in [9.17, 15) is 13.9 Å². The minimum atomic E-state index is -1.38. The SMILES string of the molecule is OC(CN1CCN(c2cccc(Cl)c2)CC1)(c1ccc(F)cc1)c1ccc(F)cc1. The summed E-state index contributed by atoms with van der Waals surface area (Å²) < 4.78 is 26.9. The molecular formula is C24H23ClF2N2O. The highest BCUT2D eigenvalue weighted by molar-refractivity contribution is 6.30. The second-order valence-corrected chi connectivity index (χ2v) is 8.05. The van der Waals surface area contributed by atoms with Crippen molar-refractivity contribution in [1.82, 2.24) is 4.90 Å². The van der Waals surface area contributed by atoms with Crippen LogP contribution in [0.4, 0.5) is 14.5 Å². The Morgan fingerprint density at radius 3 is 1.83 bits per heavy atom. The molecule has 0 amide bonds. The van der Waals surface area contributed by atoms with Crippen molar-refractivity contribution < 1.29 is 13.9 Å². The summed E-state index contributed by atoms with van der Waals surface area (Å²) in [6, 6.07) is 19.4. The average Bonchev–Trinajstić information content (AvgIpc) is 2.75. The van der Waals surface area contributed by atoms with Crippen LogP contribution >= 0.6 is 11.6 Å². The van der Waals surface area contributed by atoms with Crippen molar-refractivity contribution in [1.29, 1.82) is 0 Å². The number of rotatable bonds is 5. The predicted octanol–water partition coefficient (Wildman–Crippen LogP) is 4.68. The number of nitrogens with zero attached hydrogens (tertiary/aromatic N) is 2. The molecule has 0 saturated carbocycles. The molecule has 0 aromatic heterocycles. The molecule has 0 aliphatic carbocycles. The molecule has 30 heavy (non-hydrogen) atoms. The van der Waals surface area contributed by atoms with Gasteiger partial charge in [0.05, 0.1) is 0 Å². The summed E-state index contributed by atoms with van der Waals surface area (Å²) in [5.41, 5.74) is 0.856. The van der Waals surface area contributed by atoms with Crippen LogP contribution in [-0.4, -0.2) is 42.7 Å². The Bertz CT molecular complexity index is 941. The first-order valence-electron chi connectivity index (χ1n) is 9.91. The molecule has 6 heteroatoms. The minimum absolute atomic E-state index is 0.327. The summed E-state index contributed by atoms with van der Waals surface area (Å²) in [5.74, 6) is -0.731. The topological polar surface area (TPSA) is 26.7 Å². The second-order valence-electron chi connectivity index (χ2n) is 7.62. The van der Waals surface area contributed by atoms with Crippen molar-refractivity contribution in [2.75, 3.05) is 37.6 Å². The van der Waals surface area contributed by atoms with Gasteiger partial charge in [-0.2, -0.15) is 0 Å². The lowest BCUT2D eigenvalue weighted by Crippen LogP contribution is -2.51. The zero-order chi connectivity index (χ0) is 21.1. The number of hydrogen-bond acceptors (Lipinski definition) is 3. The maximum absolute atomic E-state index is 13.5. The minimum Gasteiger partial charge on any atom is -0.379 e. The highest BCUT2D eigenvalue weighted by Crippen LogP contribution is 2.32. The molecule has 1 aliphatic heterocycles. The fourth-order valence-corrected chi connectivity index (χ4v) is 4.15. The van der Waals surface area contributed by atoms with Gasteiger partial charge in [-0.15, -0.1) is 0 Å². The zero-order valence-electron chi connectivity index (χ0n) is 16.4. The molecular weight excluding hydrogens is 406 g/mol. The molecule has 4 rings (SSSR count). The Morgan fingerprint density at radius 2 is 1.33 bits per heavy atom. The zero-order valence-corrected chi connectivity index (χ0v) is 17.2. The van der Waals surface area contributed by atoms with Gasteiger partial charge in [-0.3, -0.25) is 4.90 Å². The number of benzene rings is 3. The van der Waals surface area contributed by atoms with Gasteiger partial charge in [-0.1, -0.05) is 41.9 Å². The van der Waals surface area contributed by atoms with Crippen LogP contribution in [0.1, 0.15) is 11.1 Å². The highest BCUT2D eigenvalue weighted by atomic mass is 35.5. The third kappa shape index (κ3) is 4.48. The van der Waals surface area contributed by atoms with Crippen molar-refractivity contribution in [3.63, 3.8) is 0 Å². The fourth-order valence-electron chi connectivity index (χ4n) is 3.96. The molecule has 1 aliphatic rings. The van der Waals surface area contributed by atoms with Crippen molar-refractivity contribution in [2.24, 2.45) is 0 Å². The summed E-state index contributed by atoms with van der Waals surface area (Å²) in [4.78, 5) is 4.44. The molecule has 3 aromatic rings. The van der Waals surface area contributed by atoms with Gasteiger partial charge in [0.2, 0.25) is 0 Å². The molecule has 0 bridgehead atoms.